The molecule has 0 aromatic heterocycles. The van der Waals surface area contributed by atoms with E-state index in [-0.39, 0.29) is 36.3 Å². The van der Waals surface area contributed by atoms with E-state index in [1.165, 1.54) is 12.1 Å². The van der Waals surface area contributed by atoms with E-state index in [0.717, 1.165) is 5.56 Å². The summed E-state index contributed by atoms with van der Waals surface area (Å²) < 4.78 is 29.6. The predicted molar refractivity (Wildman–Crippen MR) is 116 cm³/mol. The van der Waals surface area contributed by atoms with Crippen molar-refractivity contribution in [1.29, 1.82) is 5.26 Å². The van der Waals surface area contributed by atoms with Crippen LogP contribution < -0.4 is 15.4 Å². The SMILES string of the molecule is CCNC(=NCc1ccc(C#N)cc1)NCc1cc(Cl)ccc1OC(F)F.I. The number of hydrogen-bond acceptors (Lipinski definition) is 3. The Morgan fingerprint density at radius 1 is 1.21 bits per heavy atom. The molecular formula is C19H20ClF2IN4O. The molecule has 0 bridgehead atoms. The molecule has 0 heterocycles. The van der Waals surface area contributed by atoms with Gasteiger partial charge < -0.3 is 15.4 Å². The van der Waals surface area contributed by atoms with Gasteiger partial charge in [-0.15, -0.1) is 24.0 Å². The summed E-state index contributed by atoms with van der Waals surface area (Å²) in [4.78, 5) is 4.46. The zero-order valence-corrected chi connectivity index (χ0v) is 18.2. The highest BCUT2D eigenvalue weighted by Crippen LogP contribution is 2.24. The zero-order chi connectivity index (χ0) is 19.6. The molecule has 0 atom stereocenters. The summed E-state index contributed by atoms with van der Waals surface area (Å²) in [6.45, 7) is 0.251. The molecule has 2 N–H and O–H groups in total. The lowest BCUT2D eigenvalue weighted by Crippen LogP contribution is -2.36. The molecule has 0 spiro atoms. The molecule has 150 valence electrons. The van der Waals surface area contributed by atoms with E-state index >= 15 is 0 Å². The molecule has 2 aromatic rings. The van der Waals surface area contributed by atoms with Gasteiger partial charge in [-0.25, -0.2) is 4.99 Å². The summed E-state index contributed by atoms with van der Waals surface area (Å²) in [7, 11) is 0. The van der Waals surface area contributed by atoms with Crippen molar-refractivity contribution in [3.8, 4) is 11.8 Å². The van der Waals surface area contributed by atoms with Gasteiger partial charge in [-0.1, -0.05) is 23.7 Å². The summed E-state index contributed by atoms with van der Waals surface area (Å²) >= 11 is 5.96. The number of nitriles is 1. The van der Waals surface area contributed by atoms with Crippen molar-refractivity contribution >= 4 is 41.5 Å². The fourth-order valence-electron chi connectivity index (χ4n) is 2.27. The van der Waals surface area contributed by atoms with Crippen molar-refractivity contribution in [2.45, 2.75) is 26.6 Å². The second-order valence-electron chi connectivity index (χ2n) is 5.49. The van der Waals surface area contributed by atoms with Crippen molar-refractivity contribution in [3.63, 3.8) is 0 Å². The molecule has 2 rings (SSSR count). The number of ether oxygens (including phenoxy) is 1. The Morgan fingerprint density at radius 3 is 2.54 bits per heavy atom. The van der Waals surface area contributed by atoms with Gasteiger partial charge in [-0.3, -0.25) is 0 Å². The molecule has 0 fully saturated rings. The van der Waals surface area contributed by atoms with Gasteiger partial charge in [0.05, 0.1) is 18.2 Å². The first-order valence-corrected chi connectivity index (χ1v) is 8.64. The van der Waals surface area contributed by atoms with Gasteiger partial charge in [-0.05, 0) is 42.8 Å². The van der Waals surface area contributed by atoms with E-state index in [0.29, 0.717) is 35.2 Å². The standard InChI is InChI=1S/C19H19ClF2N4O.HI/c1-2-24-19(25-11-14-5-3-13(10-23)4-6-14)26-12-15-9-16(20)7-8-17(15)27-18(21)22;/h3-9,18H,2,11-12H2,1H3,(H2,24,25,26);1H. The van der Waals surface area contributed by atoms with Crippen molar-refractivity contribution < 1.29 is 13.5 Å². The minimum absolute atomic E-state index is 0. The molecule has 5 nitrogen and oxygen atoms in total. The Morgan fingerprint density at radius 2 is 1.93 bits per heavy atom. The normalized spacial score (nSPS) is 10.8. The summed E-state index contributed by atoms with van der Waals surface area (Å²) in [6, 6.07) is 13.6. The van der Waals surface area contributed by atoms with Gasteiger partial charge in [-0.2, -0.15) is 14.0 Å². The molecule has 0 aliphatic heterocycles. The number of nitrogens with one attached hydrogen (secondary N) is 2. The Bertz CT molecular complexity index is 826. The fourth-order valence-corrected chi connectivity index (χ4v) is 2.47. The second-order valence-corrected chi connectivity index (χ2v) is 5.92. The first-order valence-electron chi connectivity index (χ1n) is 8.26. The number of nitrogens with zero attached hydrogens (tertiary/aromatic N) is 2. The minimum atomic E-state index is -2.91. The van der Waals surface area contributed by atoms with E-state index in [1.54, 1.807) is 18.2 Å². The first kappa shape index (κ1) is 23.9. The van der Waals surface area contributed by atoms with Crippen LogP contribution in [0.4, 0.5) is 8.78 Å². The van der Waals surface area contributed by atoms with Crippen LogP contribution in [-0.2, 0) is 13.1 Å². The number of guanidine groups is 1. The van der Waals surface area contributed by atoms with Gasteiger partial charge in [0.25, 0.3) is 0 Å². The first-order chi connectivity index (χ1) is 13.0. The van der Waals surface area contributed by atoms with Crippen molar-refractivity contribution in [2.24, 2.45) is 4.99 Å². The van der Waals surface area contributed by atoms with Gasteiger partial charge in [0.2, 0.25) is 0 Å². The maximum Gasteiger partial charge on any atom is 0.387 e. The topological polar surface area (TPSA) is 69.4 Å². The Balaban J connectivity index is 0.00000392. The van der Waals surface area contributed by atoms with Crippen LogP contribution >= 0.6 is 35.6 Å². The number of hydrogen-bond donors (Lipinski definition) is 2. The average Bonchev–Trinajstić information content (AvgIpc) is 2.66. The highest BCUT2D eigenvalue weighted by atomic mass is 127. The third-order valence-electron chi connectivity index (χ3n) is 3.53. The van der Waals surface area contributed by atoms with Crippen LogP contribution in [0, 0.1) is 11.3 Å². The van der Waals surface area contributed by atoms with Crippen molar-refractivity contribution in [3.05, 3.63) is 64.2 Å². The number of benzene rings is 2. The molecule has 0 saturated heterocycles. The van der Waals surface area contributed by atoms with E-state index < -0.39 is 6.61 Å². The lowest BCUT2D eigenvalue weighted by Gasteiger charge is -2.14. The minimum Gasteiger partial charge on any atom is -0.434 e. The van der Waals surface area contributed by atoms with E-state index in [2.05, 4.69) is 26.4 Å². The maximum absolute atomic E-state index is 12.6. The highest BCUT2D eigenvalue weighted by Gasteiger charge is 2.11. The molecule has 0 aliphatic carbocycles. The Kier molecular flexibility index (Phi) is 10.6. The van der Waals surface area contributed by atoms with Gasteiger partial charge in [0, 0.05) is 23.7 Å². The fraction of sp³-hybridized carbons (Fsp3) is 0.263. The Labute approximate surface area is 184 Å². The molecular weight excluding hydrogens is 501 g/mol. The van der Waals surface area contributed by atoms with Crippen LogP contribution in [-0.4, -0.2) is 19.1 Å². The largest absolute Gasteiger partial charge is 0.434 e. The van der Waals surface area contributed by atoms with Crippen molar-refractivity contribution in [2.75, 3.05) is 6.54 Å². The smallest absolute Gasteiger partial charge is 0.387 e. The lowest BCUT2D eigenvalue weighted by molar-refractivity contribution is -0.0504. The van der Waals surface area contributed by atoms with Gasteiger partial charge in [0.15, 0.2) is 5.96 Å². The average molecular weight is 521 g/mol. The maximum atomic E-state index is 12.6. The zero-order valence-electron chi connectivity index (χ0n) is 15.1. The quantitative estimate of drug-likeness (QED) is 0.316. The van der Waals surface area contributed by atoms with Crippen LogP contribution in [0.5, 0.6) is 5.75 Å². The van der Waals surface area contributed by atoms with Gasteiger partial charge >= 0.3 is 6.61 Å². The van der Waals surface area contributed by atoms with Crippen LogP contribution in [0.25, 0.3) is 0 Å². The monoisotopic (exact) mass is 520 g/mol. The molecule has 2 aromatic carbocycles. The molecule has 0 unspecified atom stereocenters. The molecule has 0 saturated carbocycles. The number of rotatable bonds is 7. The molecule has 9 heteroatoms. The summed E-state index contributed by atoms with van der Waals surface area (Å²) in [5.74, 6) is 0.578. The van der Waals surface area contributed by atoms with E-state index in [4.69, 9.17) is 16.9 Å². The number of alkyl halides is 2. The summed E-state index contributed by atoms with van der Waals surface area (Å²) in [6.07, 6.45) is 0. The Hall–Kier alpha value is -2.12. The van der Waals surface area contributed by atoms with E-state index in [1.807, 2.05) is 19.1 Å². The van der Waals surface area contributed by atoms with Crippen molar-refractivity contribution in [1.82, 2.24) is 10.6 Å². The summed E-state index contributed by atoms with van der Waals surface area (Å²) in [5.41, 5.74) is 2.02. The second kappa shape index (κ2) is 12.4. The third-order valence-corrected chi connectivity index (χ3v) is 3.77. The van der Waals surface area contributed by atoms with Crippen LogP contribution in [0.1, 0.15) is 23.6 Å². The lowest BCUT2D eigenvalue weighted by atomic mass is 10.1. The van der Waals surface area contributed by atoms with Crippen LogP contribution in [0.2, 0.25) is 5.02 Å². The molecule has 0 amide bonds. The highest BCUT2D eigenvalue weighted by molar-refractivity contribution is 14.0. The molecule has 0 radical (unpaired) electrons. The third kappa shape index (κ3) is 7.86. The number of halogens is 4. The van der Waals surface area contributed by atoms with Gasteiger partial charge in [0.1, 0.15) is 5.75 Å². The van der Waals surface area contributed by atoms with E-state index in [9.17, 15) is 8.78 Å². The summed E-state index contributed by atoms with van der Waals surface area (Å²) in [5, 5.41) is 15.4. The number of aliphatic imine (C=N–C) groups is 1. The molecule has 28 heavy (non-hydrogen) atoms. The van der Waals surface area contributed by atoms with Crippen LogP contribution in [0.15, 0.2) is 47.5 Å². The predicted octanol–water partition coefficient (Wildman–Crippen LogP) is 4.69. The molecule has 0 aliphatic rings. The van der Waals surface area contributed by atoms with Crippen LogP contribution in [0.3, 0.4) is 0 Å².